The van der Waals surface area contributed by atoms with E-state index in [4.69, 9.17) is 9.26 Å². The maximum atomic E-state index is 5.13. The lowest BCUT2D eigenvalue weighted by molar-refractivity contribution is 0.372. The minimum absolute atomic E-state index is 0.277. The monoisotopic (exact) mass is 247 g/mol. The summed E-state index contributed by atoms with van der Waals surface area (Å²) in [5, 5.41) is 6.98. The molecule has 1 aromatic heterocycles. The molecule has 0 radical (unpaired) electrons. The summed E-state index contributed by atoms with van der Waals surface area (Å²) in [6.45, 7) is 2.92. The molecule has 1 heterocycles. The van der Waals surface area contributed by atoms with Gasteiger partial charge in [0.1, 0.15) is 5.75 Å². The Labute approximate surface area is 106 Å². The average molecular weight is 247 g/mol. The Kier molecular flexibility index (Phi) is 4.30. The van der Waals surface area contributed by atoms with Gasteiger partial charge in [0.25, 0.3) is 0 Å². The van der Waals surface area contributed by atoms with Gasteiger partial charge in [-0.25, -0.2) is 0 Å². The molecule has 1 atom stereocenters. The lowest BCUT2D eigenvalue weighted by Gasteiger charge is -2.13. The fourth-order valence-electron chi connectivity index (χ4n) is 1.71. The van der Waals surface area contributed by atoms with Crippen molar-refractivity contribution in [2.45, 2.75) is 19.4 Å². The maximum absolute atomic E-state index is 5.13. The van der Waals surface area contributed by atoms with Gasteiger partial charge in [0.2, 0.25) is 5.89 Å². The van der Waals surface area contributed by atoms with E-state index in [-0.39, 0.29) is 6.04 Å². The number of benzene rings is 1. The largest absolute Gasteiger partial charge is 0.497 e. The molecule has 1 aromatic carbocycles. The molecule has 0 fully saturated rings. The number of methoxy groups -OCH3 is 1. The van der Waals surface area contributed by atoms with Crippen molar-refractivity contribution >= 4 is 0 Å². The van der Waals surface area contributed by atoms with Crippen LogP contribution in [0.5, 0.6) is 5.75 Å². The summed E-state index contributed by atoms with van der Waals surface area (Å²) in [7, 11) is 1.67. The fraction of sp³-hybridized carbons (Fsp3) is 0.385. The summed E-state index contributed by atoms with van der Waals surface area (Å²) >= 11 is 0. The summed E-state index contributed by atoms with van der Waals surface area (Å²) in [6, 6.07) is 8.32. The van der Waals surface area contributed by atoms with E-state index < -0.39 is 0 Å². The van der Waals surface area contributed by atoms with Crippen LogP contribution >= 0.6 is 0 Å². The minimum Gasteiger partial charge on any atom is -0.497 e. The number of rotatable bonds is 6. The van der Waals surface area contributed by atoms with E-state index in [0.717, 1.165) is 18.7 Å². The molecule has 0 spiro atoms. The standard InChI is InChI=1S/C13H17N3O2/c1-10(11-3-5-12(17-2)6-4-11)14-8-7-13-15-9-16-18-13/h3-6,9-10,14H,7-8H2,1-2H3. The van der Waals surface area contributed by atoms with Gasteiger partial charge in [0.05, 0.1) is 7.11 Å². The molecule has 96 valence electrons. The van der Waals surface area contributed by atoms with Crippen molar-refractivity contribution in [2.75, 3.05) is 13.7 Å². The van der Waals surface area contributed by atoms with Gasteiger partial charge in [-0.15, -0.1) is 0 Å². The quantitative estimate of drug-likeness (QED) is 0.845. The van der Waals surface area contributed by atoms with Crippen LogP contribution in [0.25, 0.3) is 0 Å². The molecule has 0 aliphatic carbocycles. The molecule has 1 unspecified atom stereocenters. The molecule has 0 saturated carbocycles. The summed E-state index contributed by atoms with van der Waals surface area (Å²) in [4.78, 5) is 3.97. The number of ether oxygens (including phenoxy) is 1. The van der Waals surface area contributed by atoms with Crippen LogP contribution in [0.2, 0.25) is 0 Å². The molecule has 0 saturated heterocycles. The van der Waals surface area contributed by atoms with Crippen LogP contribution in [0.1, 0.15) is 24.4 Å². The van der Waals surface area contributed by atoms with Crippen molar-refractivity contribution < 1.29 is 9.26 Å². The van der Waals surface area contributed by atoms with Crippen molar-refractivity contribution in [3.63, 3.8) is 0 Å². The Balaban J connectivity index is 1.81. The van der Waals surface area contributed by atoms with Crippen LogP contribution in [-0.4, -0.2) is 23.8 Å². The highest BCUT2D eigenvalue weighted by Crippen LogP contribution is 2.16. The van der Waals surface area contributed by atoms with Gasteiger partial charge >= 0.3 is 0 Å². The lowest BCUT2D eigenvalue weighted by atomic mass is 10.1. The predicted octanol–water partition coefficient (Wildman–Crippen LogP) is 1.97. The Bertz CT molecular complexity index is 454. The van der Waals surface area contributed by atoms with E-state index in [0.29, 0.717) is 5.89 Å². The highest BCUT2D eigenvalue weighted by molar-refractivity contribution is 5.28. The molecule has 1 N–H and O–H groups in total. The number of aromatic nitrogens is 2. The van der Waals surface area contributed by atoms with Gasteiger partial charge in [0.15, 0.2) is 6.33 Å². The van der Waals surface area contributed by atoms with Gasteiger partial charge in [-0.05, 0) is 24.6 Å². The van der Waals surface area contributed by atoms with E-state index in [9.17, 15) is 0 Å². The highest BCUT2D eigenvalue weighted by Gasteiger charge is 2.05. The van der Waals surface area contributed by atoms with Crippen LogP contribution in [0.3, 0.4) is 0 Å². The summed E-state index contributed by atoms with van der Waals surface area (Å²) in [6.07, 6.45) is 2.16. The third-order valence-electron chi connectivity index (χ3n) is 2.81. The van der Waals surface area contributed by atoms with Crippen molar-refractivity contribution in [3.05, 3.63) is 42.0 Å². The summed E-state index contributed by atoms with van der Waals surface area (Å²) < 4.78 is 10.1. The third kappa shape index (κ3) is 3.30. The third-order valence-corrected chi connectivity index (χ3v) is 2.81. The second-order valence-electron chi connectivity index (χ2n) is 4.03. The molecule has 0 bridgehead atoms. The molecule has 2 rings (SSSR count). The first-order chi connectivity index (χ1) is 8.79. The first-order valence-corrected chi connectivity index (χ1v) is 5.92. The zero-order valence-corrected chi connectivity index (χ0v) is 10.6. The number of hydrogen-bond acceptors (Lipinski definition) is 5. The van der Waals surface area contributed by atoms with Crippen molar-refractivity contribution in [1.29, 1.82) is 0 Å². The molecule has 0 amide bonds. The van der Waals surface area contributed by atoms with E-state index in [1.54, 1.807) is 7.11 Å². The molecular formula is C13H17N3O2. The zero-order chi connectivity index (χ0) is 12.8. The Morgan fingerprint density at radius 2 is 2.11 bits per heavy atom. The van der Waals surface area contributed by atoms with E-state index in [1.807, 2.05) is 12.1 Å². The lowest BCUT2D eigenvalue weighted by Crippen LogP contribution is -2.21. The molecule has 18 heavy (non-hydrogen) atoms. The van der Waals surface area contributed by atoms with Gasteiger partial charge < -0.3 is 14.6 Å². The first-order valence-electron chi connectivity index (χ1n) is 5.92. The van der Waals surface area contributed by atoms with Gasteiger partial charge in [0, 0.05) is 19.0 Å². The summed E-state index contributed by atoms with van der Waals surface area (Å²) in [5.41, 5.74) is 1.22. The zero-order valence-electron chi connectivity index (χ0n) is 10.6. The predicted molar refractivity (Wildman–Crippen MR) is 67.4 cm³/mol. The Hall–Kier alpha value is -1.88. The van der Waals surface area contributed by atoms with Gasteiger partial charge in [-0.2, -0.15) is 4.98 Å². The molecule has 5 heteroatoms. The van der Waals surface area contributed by atoms with E-state index in [2.05, 4.69) is 34.5 Å². The molecule has 0 aliphatic rings. The first kappa shape index (κ1) is 12.6. The minimum atomic E-state index is 0.277. The van der Waals surface area contributed by atoms with Crippen LogP contribution in [0.15, 0.2) is 35.1 Å². The van der Waals surface area contributed by atoms with Crippen molar-refractivity contribution in [2.24, 2.45) is 0 Å². The molecule has 0 aliphatic heterocycles. The number of hydrogen-bond donors (Lipinski definition) is 1. The van der Waals surface area contributed by atoms with E-state index >= 15 is 0 Å². The SMILES string of the molecule is COc1ccc(C(C)NCCc2ncno2)cc1. The van der Waals surface area contributed by atoms with Crippen LogP contribution in [0, 0.1) is 0 Å². The van der Waals surface area contributed by atoms with Crippen LogP contribution in [-0.2, 0) is 6.42 Å². The summed E-state index contributed by atoms with van der Waals surface area (Å²) in [5.74, 6) is 1.53. The van der Waals surface area contributed by atoms with Gasteiger partial charge in [-0.1, -0.05) is 17.3 Å². The second-order valence-corrected chi connectivity index (χ2v) is 4.03. The smallest absolute Gasteiger partial charge is 0.227 e. The van der Waals surface area contributed by atoms with Gasteiger partial charge in [-0.3, -0.25) is 0 Å². The van der Waals surface area contributed by atoms with E-state index in [1.165, 1.54) is 11.9 Å². The molecule has 2 aromatic rings. The van der Waals surface area contributed by atoms with Crippen LogP contribution in [0.4, 0.5) is 0 Å². The average Bonchev–Trinajstić information content (AvgIpc) is 2.92. The molecule has 5 nitrogen and oxygen atoms in total. The Morgan fingerprint density at radius 3 is 2.72 bits per heavy atom. The van der Waals surface area contributed by atoms with Crippen LogP contribution < -0.4 is 10.1 Å². The number of nitrogens with zero attached hydrogens (tertiary/aromatic N) is 2. The highest BCUT2D eigenvalue weighted by atomic mass is 16.5. The Morgan fingerprint density at radius 1 is 1.33 bits per heavy atom. The van der Waals surface area contributed by atoms with Crippen molar-refractivity contribution in [1.82, 2.24) is 15.5 Å². The topological polar surface area (TPSA) is 60.2 Å². The molecular weight excluding hydrogens is 230 g/mol. The van der Waals surface area contributed by atoms with Crippen molar-refractivity contribution in [3.8, 4) is 5.75 Å². The second kappa shape index (κ2) is 6.16. The normalized spacial score (nSPS) is 12.3. The number of nitrogens with one attached hydrogen (secondary N) is 1. The maximum Gasteiger partial charge on any atom is 0.227 e. The fourth-order valence-corrected chi connectivity index (χ4v) is 1.71.